The Kier molecular flexibility index (Phi) is 11.8. The van der Waals surface area contributed by atoms with E-state index in [1.807, 2.05) is 11.7 Å². The number of hydrogen-bond acceptors (Lipinski definition) is 3. The zero-order valence-electron chi connectivity index (χ0n) is 14.2. The van der Waals surface area contributed by atoms with Crippen LogP contribution in [-0.4, -0.2) is 29.8 Å². The van der Waals surface area contributed by atoms with E-state index in [4.69, 9.17) is 0 Å². The molecule has 0 rings (SSSR count). The summed E-state index contributed by atoms with van der Waals surface area (Å²) in [6, 6.07) is -0.268. The molecule has 3 atom stereocenters. The van der Waals surface area contributed by atoms with Crippen LogP contribution in [0.1, 0.15) is 72.1 Å². The molecule has 21 heavy (non-hydrogen) atoms. The summed E-state index contributed by atoms with van der Waals surface area (Å²) < 4.78 is 1.94. The quantitative estimate of drug-likeness (QED) is 0.365. The van der Waals surface area contributed by atoms with Crippen LogP contribution >= 0.6 is 17.3 Å². The molecule has 0 aromatic carbocycles. The summed E-state index contributed by atoms with van der Waals surface area (Å²) in [5.74, 6) is 0.248. The number of rotatable bonds is 13. The summed E-state index contributed by atoms with van der Waals surface area (Å²) in [5.41, 5.74) is 0.157. The van der Waals surface area contributed by atoms with Gasteiger partial charge in [0.2, 0.25) is 0 Å². The van der Waals surface area contributed by atoms with Crippen LogP contribution in [0.15, 0.2) is 0 Å². The minimum Gasteiger partial charge on any atom is -0.302 e. The van der Waals surface area contributed by atoms with Crippen LogP contribution in [0.25, 0.3) is 0 Å². The van der Waals surface area contributed by atoms with E-state index in [0.29, 0.717) is 21.3 Å². The maximum absolute atomic E-state index is 12.5. The van der Waals surface area contributed by atoms with Gasteiger partial charge >= 0.3 is 0 Å². The predicted molar refractivity (Wildman–Crippen MR) is 97.0 cm³/mol. The molecule has 0 aliphatic heterocycles. The third kappa shape index (κ3) is 7.82. The van der Waals surface area contributed by atoms with Crippen LogP contribution in [0.5, 0.6) is 0 Å². The second-order valence-electron chi connectivity index (χ2n) is 6.11. The second-order valence-corrected chi connectivity index (χ2v) is 7.85. The molecule has 0 bridgehead atoms. The van der Waals surface area contributed by atoms with Gasteiger partial charge in [0.05, 0.1) is 6.04 Å². The van der Waals surface area contributed by atoms with Gasteiger partial charge in [-0.2, -0.15) is 0 Å². The van der Waals surface area contributed by atoms with Gasteiger partial charge in [-0.25, -0.2) is 0 Å². The molecule has 124 valence electrons. The van der Waals surface area contributed by atoms with E-state index < -0.39 is 0 Å². The van der Waals surface area contributed by atoms with E-state index in [1.165, 1.54) is 0 Å². The van der Waals surface area contributed by atoms with Crippen molar-refractivity contribution >= 4 is 29.4 Å². The molecule has 0 aromatic heterocycles. The summed E-state index contributed by atoms with van der Waals surface area (Å²) in [7, 11) is 5.00. The molecule has 5 heteroatoms. The van der Waals surface area contributed by atoms with Gasteiger partial charge < -0.3 is 4.79 Å². The minimum atomic E-state index is -0.268. The summed E-state index contributed by atoms with van der Waals surface area (Å²) in [5, 5.41) is 0. The molecule has 3 unspecified atom stereocenters. The molecule has 0 saturated heterocycles. The average molecular weight is 333 g/mol. The molecule has 0 fully saturated rings. The molecule has 0 aliphatic carbocycles. The van der Waals surface area contributed by atoms with E-state index in [-0.39, 0.29) is 17.2 Å². The fourth-order valence-corrected chi connectivity index (χ4v) is 4.24. The van der Waals surface area contributed by atoms with Crippen LogP contribution in [0.3, 0.4) is 0 Å². The number of carbonyl (C=O) groups excluding carboxylic acids is 2. The van der Waals surface area contributed by atoms with Gasteiger partial charge in [0.25, 0.3) is 0 Å². The highest BCUT2D eigenvalue weighted by Gasteiger charge is 2.31. The molecule has 0 heterocycles. The normalized spacial score (nSPS) is 14.0. The smallest absolute Gasteiger partial charge is 0.137 e. The van der Waals surface area contributed by atoms with Gasteiger partial charge in [-0.05, 0) is 40.1 Å². The Morgan fingerprint density at radius 1 is 1.19 bits per heavy atom. The molecule has 0 saturated carbocycles. The number of hydrogen-bond donors (Lipinski definition) is 0. The van der Waals surface area contributed by atoms with Crippen LogP contribution in [0.2, 0.25) is 0 Å². The molecule has 3 nitrogen and oxygen atoms in total. The Morgan fingerprint density at radius 2 is 1.67 bits per heavy atom. The number of Topliss-reactive ketones (excluding diaryl/α,β-unsaturated/α-hetero) is 1. The lowest BCUT2D eigenvalue weighted by atomic mass is 9.71. The topological polar surface area (TPSA) is 37.4 Å². The fraction of sp³-hybridized carbons (Fsp3) is 0.875. The maximum atomic E-state index is 12.5. The number of nitrogens with zero attached hydrogens (tertiary/aromatic N) is 1. The Labute approximate surface area is 134 Å². The zero-order chi connectivity index (χ0) is 16.3. The highest BCUT2D eigenvalue weighted by atomic mass is 32.0. The third-order valence-electron chi connectivity index (χ3n) is 4.21. The summed E-state index contributed by atoms with van der Waals surface area (Å²) in [6.07, 6.45) is 8.64. The highest BCUT2D eigenvalue weighted by Crippen LogP contribution is 2.39. The molecule has 0 radical (unpaired) electrons. The van der Waals surface area contributed by atoms with Gasteiger partial charge in [0, 0.05) is 12.8 Å². The molecular formula is C16H33NO2P2. The van der Waals surface area contributed by atoms with Crippen molar-refractivity contribution in [3.63, 3.8) is 0 Å². The van der Waals surface area contributed by atoms with E-state index in [0.717, 1.165) is 44.8 Å². The number of carbonyl (C=O) groups is 2. The van der Waals surface area contributed by atoms with Crippen LogP contribution in [0.4, 0.5) is 0 Å². The van der Waals surface area contributed by atoms with Crippen molar-refractivity contribution in [3.8, 4) is 0 Å². The first-order valence-electron chi connectivity index (χ1n) is 8.14. The van der Waals surface area contributed by atoms with E-state index in [2.05, 4.69) is 29.7 Å². The second kappa shape index (κ2) is 11.7. The van der Waals surface area contributed by atoms with Gasteiger partial charge in [0.15, 0.2) is 0 Å². The monoisotopic (exact) mass is 333 g/mol. The SMILES string of the molecule is CCCC(CCC)(CCC)CC(=O)CC(C=O)N(C)PP. The van der Waals surface area contributed by atoms with E-state index >= 15 is 0 Å². The van der Waals surface area contributed by atoms with Crippen LogP contribution < -0.4 is 0 Å². The first kappa shape index (κ1) is 21.2. The van der Waals surface area contributed by atoms with Crippen molar-refractivity contribution in [1.29, 1.82) is 0 Å². The Morgan fingerprint density at radius 3 is 2.00 bits per heavy atom. The number of ketones is 1. The van der Waals surface area contributed by atoms with Crippen molar-refractivity contribution in [2.75, 3.05) is 7.05 Å². The molecule has 0 amide bonds. The van der Waals surface area contributed by atoms with Crippen molar-refractivity contribution in [3.05, 3.63) is 0 Å². The van der Waals surface area contributed by atoms with Gasteiger partial charge in [-0.1, -0.05) is 49.0 Å². The van der Waals surface area contributed by atoms with Gasteiger partial charge in [0.1, 0.15) is 12.1 Å². The third-order valence-corrected chi connectivity index (χ3v) is 6.17. The van der Waals surface area contributed by atoms with Crippen molar-refractivity contribution in [1.82, 2.24) is 4.67 Å². The van der Waals surface area contributed by atoms with Crippen LogP contribution in [-0.2, 0) is 9.59 Å². The highest BCUT2D eigenvalue weighted by molar-refractivity contribution is 8.01. The lowest BCUT2D eigenvalue weighted by molar-refractivity contribution is -0.124. The van der Waals surface area contributed by atoms with Crippen molar-refractivity contribution in [2.45, 2.75) is 78.2 Å². The summed E-state index contributed by atoms with van der Waals surface area (Å²) in [4.78, 5) is 23.7. The van der Waals surface area contributed by atoms with Gasteiger partial charge in [-0.15, -0.1) is 0 Å². The van der Waals surface area contributed by atoms with Crippen molar-refractivity contribution < 1.29 is 9.59 Å². The Bertz CT molecular complexity index is 294. The molecule has 0 aliphatic rings. The summed E-state index contributed by atoms with van der Waals surface area (Å²) >= 11 is 0. The lowest BCUT2D eigenvalue weighted by Gasteiger charge is -2.33. The lowest BCUT2D eigenvalue weighted by Crippen LogP contribution is -2.31. The fourth-order valence-electron chi connectivity index (χ4n) is 3.33. The maximum Gasteiger partial charge on any atom is 0.137 e. The largest absolute Gasteiger partial charge is 0.302 e. The van der Waals surface area contributed by atoms with Crippen molar-refractivity contribution in [2.24, 2.45) is 5.41 Å². The number of likely N-dealkylation sites (N-methyl/N-ethyl adjacent to an activating group) is 1. The molecule has 0 N–H and O–H groups in total. The Balaban J connectivity index is 4.81. The molecular weight excluding hydrogens is 300 g/mol. The first-order chi connectivity index (χ1) is 9.98. The standard InChI is InChI=1S/C16H33NO2P2/c1-5-8-16(9-6-2,10-7-3)12-15(19)11-14(13-18)17(4)21-20/h13-14,21H,5-12,20H2,1-4H3. The summed E-state index contributed by atoms with van der Waals surface area (Å²) in [6.45, 7) is 6.59. The molecule has 0 spiro atoms. The Hall–Kier alpha value is 0.160. The zero-order valence-corrected chi connectivity index (χ0v) is 16.3. The predicted octanol–water partition coefficient (Wildman–Crippen LogP) is 4.61. The van der Waals surface area contributed by atoms with Crippen LogP contribution in [0, 0.1) is 5.41 Å². The average Bonchev–Trinajstić information content (AvgIpc) is 2.44. The van der Waals surface area contributed by atoms with E-state index in [9.17, 15) is 9.59 Å². The van der Waals surface area contributed by atoms with E-state index in [1.54, 1.807) is 0 Å². The first-order valence-corrected chi connectivity index (χ1v) is 10.9. The minimum absolute atomic E-state index is 0.157. The number of aldehydes is 1. The van der Waals surface area contributed by atoms with Gasteiger partial charge in [-0.3, -0.25) is 9.46 Å². The molecule has 0 aromatic rings.